The number of nitrogens with zero attached hydrogens (tertiary/aromatic N) is 3. The number of halogens is 1. The molecular weight excluding hydrogens is 651 g/mol. The van der Waals surface area contributed by atoms with Gasteiger partial charge < -0.3 is 15.7 Å². The van der Waals surface area contributed by atoms with E-state index in [1.807, 2.05) is 20.8 Å². The number of carboxylic acid groups (broad SMARTS) is 1. The number of pyridine rings is 1. The number of rotatable bonds is 11. The van der Waals surface area contributed by atoms with Crippen LogP contribution in [0.3, 0.4) is 0 Å². The first-order valence-corrected chi connectivity index (χ1v) is 16.8. The molecule has 0 aliphatic rings. The first-order valence-electron chi connectivity index (χ1n) is 15.4. The largest absolute Gasteiger partial charge is 0.480 e. The van der Waals surface area contributed by atoms with Crippen LogP contribution in [0.1, 0.15) is 47.8 Å². The van der Waals surface area contributed by atoms with Crippen LogP contribution in [0, 0.1) is 12.7 Å². The summed E-state index contributed by atoms with van der Waals surface area (Å²) in [5.74, 6) is -3.36. The second kappa shape index (κ2) is 13.6. The van der Waals surface area contributed by atoms with Gasteiger partial charge in [-0.3, -0.25) is 24.0 Å². The Morgan fingerprint density at radius 1 is 1.00 bits per heavy atom. The zero-order chi connectivity index (χ0) is 35.7. The molecule has 5 aromatic rings. The fraction of sp³-hybridized carbons (Fsp3) is 0.257. The first kappa shape index (κ1) is 35.0. The number of aryl methyl sites for hydroxylation is 2. The number of anilines is 1. The number of aromatic nitrogens is 3. The van der Waals surface area contributed by atoms with Crippen molar-refractivity contribution in [3.63, 3.8) is 0 Å². The lowest BCUT2D eigenvalue weighted by Crippen LogP contribution is -2.42. The maximum Gasteiger partial charge on any atom is 0.326 e. The number of amides is 1. The molecule has 2 aromatic heterocycles. The zero-order valence-corrected chi connectivity index (χ0v) is 28.4. The van der Waals surface area contributed by atoms with Crippen LogP contribution in [-0.2, 0) is 34.8 Å². The third kappa shape index (κ3) is 7.87. The molecule has 12 nitrogen and oxygen atoms in total. The number of carbonyl (C=O) groups excluding carboxylic acids is 1. The van der Waals surface area contributed by atoms with Crippen LogP contribution in [0.5, 0.6) is 0 Å². The topological polar surface area (TPSA) is 164 Å². The van der Waals surface area contributed by atoms with Crippen LogP contribution in [0.4, 0.5) is 10.1 Å². The van der Waals surface area contributed by atoms with E-state index >= 15 is 4.39 Å². The second-order valence-electron chi connectivity index (χ2n) is 12.8. The molecule has 0 saturated carbocycles. The summed E-state index contributed by atoms with van der Waals surface area (Å²) >= 11 is 0. The summed E-state index contributed by atoms with van der Waals surface area (Å²) in [6.45, 7) is 8.30. The Morgan fingerprint density at radius 2 is 1.69 bits per heavy atom. The Balaban J connectivity index is 1.26. The number of fused-ring (bicyclic) bond motifs is 1. The molecule has 3 aromatic carbocycles. The lowest BCUT2D eigenvalue weighted by molar-refractivity contribution is -0.139. The van der Waals surface area contributed by atoms with Crippen molar-refractivity contribution in [3.05, 3.63) is 118 Å². The maximum atomic E-state index is 15.1. The lowest BCUT2D eigenvalue weighted by Gasteiger charge is -2.21. The predicted octanol–water partition coefficient (Wildman–Crippen LogP) is 4.29. The van der Waals surface area contributed by atoms with Crippen molar-refractivity contribution in [3.8, 4) is 5.69 Å². The van der Waals surface area contributed by atoms with Gasteiger partial charge in [-0.2, -0.15) is 0 Å². The van der Waals surface area contributed by atoms with E-state index in [0.717, 1.165) is 17.7 Å². The third-order valence-corrected chi connectivity index (χ3v) is 9.45. The van der Waals surface area contributed by atoms with Gasteiger partial charge in [0, 0.05) is 31.7 Å². The highest BCUT2D eigenvalue weighted by atomic mass is 32.2. The fourth-order valence-electron chi connectivity index (χ4n) is 5.38. The minimum absolute atomic E-state index is 0.0213. The molecule has 0 bridgehead atoms. The molecule has 1 atom stereocenters. The fourth-order valence-corrected chi connectivity index (χ4v) is 6.66. The second-order valence-corrected chi connectivity index (χ2v) is 14.4. The molecule has 2 heterocycles. The van der Waals surface area contributed by atoms with Gasteiger partial charge in [0.2, 0.25) is 0 Å². The van der Waals surface area contributed by atoms with E-state index in [1.54, 1.807) is 67.3 Å². The summed E-state index contributed by atoms with van der Waals surface area (Å²) in [5.41, 5.74) is 2.22. The average Bonchev–Trinajstić information content (AvgIpc) is 3.28. The molecule has 0 spiro atoms. The number of sulfonamides is 1. The summed E-state index contributed by atoms with van der Waals surface area (Å²) in [7, 11) is -2.37. The van der Waals surface area contributed by atoms with Crippen molar-refractivity contribution >= 4 is 38.5 Å². The molecular formula is C35H37FN6O6S. The number of benzene rings is 3. The van der Waals surface area contributed by atoms with E-state index in [9.17, 15) is 27.9 Å². The summed E-state index contributed by atoms with van der Waals surface area (Å²) in [4.78, 5) is 42.1. The first-order chi connectivity index (χ1) is 23.0. The van der Waals surface area contributed by atoms with Gasteiger partial charge in [0.1, 0.15) is 11.9 Å². The summed E-state index contributed by atoms with van der Waals surface area (Å²) in [6, 6.07) is 14.9. The number of hydrogen-bond acceptors (Lipinski definition) is 7. The molecule has 0 aliphatic heterocycles. The quantitative estimate of drug-likeness (QED) is 0.160. The molecule has 0 fully saturated rings. The van der Waals surface area contributed by atoms with Crippen LogP contribution in [-0.4, -0.2) is 51.3 Å². The molecule has 0 unspecified atom stereocenters. The van der Waals surface area contributed by atoms with E-state index in [1.165, 1.54) is 23.0 Å². The summed E-state index contributed by atoms with van der Waals surface area (Å²) < 4.78 is 46.9. The molecule has 5 rings (SSSR count). The average molecular weight is 689 g/mol. The number of hydrogen-bond donors (Lipinski definition) is 4. The minimum Gasteiger partial charge on any atom is -0.480 e. The van der Waals surface area contributed by atoms with Crippen LogP contribution < -0.4 is 20.9 Å². The monoisotopic (exact) mass is 688 g/mol. The molecule has 4 N–H and O–H groups in total. The number of carbonyl (C=O) groups is 2. The van der Waals surface area contributed by atoms with Gasteiger partial charge in [-0.15, -0.1) is 0 Å². The Kier molecular flexibility index (Phi) is 9.74. The number of aliphatic carboxylic acids is 1. The van der Waals surface area contributed by atoms with E-state index < -0.39 is 39.3 Å². The third-order valence-electron chi connectivity index (χ3n) is 7.91. The normalized spacial score (nSPS) is 12.5. The van der Waals surface area contributed by atoms with E-state index in [0.29, 0.717) is 34.3 Å². The van der Waals surface area contributed by atoms with Gasteiger partial charge in [0.15, 0.2) is 0 Å². The van der Waals surface area contributed by atoms with Crippen molar-refractivity contribution < 1.29 is 27.5 Å². The zero-order valence-electron chi connectivity index (χ0n) is 27.6. The Hall–Kier alpha value is -5.34. The van der Waals surface area contributed by atoms with Gasteiger partial charge in [0.25, 0.3) is 21.5 Å². The molecule has 0 saturated heterocycles. The van der Waals surface area contributed by atoms with Crippen molar-refractivity contribution in [2.45, 2.75) is 57.1 Å². The highest BCUT2D eigenvalue weighted by Crippen LogP contribution is 2.23. The van der Waals surface area contributed by atoms with Crippen molar-refractivity contribution in [1.82, 2.24) is 25.0 Å². The molecule has 49 heavy (non-hydrogen) atoms. The Morgan fingerprint density at radius 3 is 2.31 bits per heavy atom. The SMILES string of the molecule is Cc1cc(CNC(C)(C)C)ccc1S(=O)(=O)Nc1ccc(C(=O)N[C@@H](Cc2ccc(-n3c(=O)c4ccncc4n3C)cc2)C(=O)O)c(F)c1. The highest BCUT2D eigenvalue weighted by molar-refractivity contribution is 7.92. The Bertz CT molecular complexity index is 2220. The van der Waals surface area contributed by atoms with E-state index in [4.69, 9.17) is 0 Å². The summed E-state index contributed by atoms with van der Waals surface area (Å²) in [5, 5.41) is 16.0. The van der Waals surface area contributed by atoms with Gasteiger partial charge in [-0.1, -0.05) is 24.3 Å². The summed E-state index contributed by atoms with van der Waals surface area (Å²) in [6.07, 6.45) is 3.00. The molecule has 0 aliphatic carbocycles. The number of nitrogens with one attached hydrogen (secondary N) is 3. The smallest absolute Gasteiger partial charge is 0.326 e. The van der Waals surface area contributed by atoms with Crippen molar-refractivity contribution in [2.75, 3.05) is 4.72 Å². The highest BCUT2D eigenvalue weighted by Gasteiger charge is 2.24. The van der Waals surface area contributed by atoms with Crippen LogP contribution in [0.25, 0.3) is 16.6 Å². The van der Waals surface area contributed by atoms with Crippen LogP contribution in [0.2, 0.25) is 0 Å². The van der Waals surface area contributed by atoms with Crippen LogP contribution >= 0.6 is 0 Å². The van der Waals surface area contributed by atoms with E-state index in [2.05, 4.69) is 20.3 Å². The van der Waals surface area contributed by atoms with Crippen molar-refractivity contribution in [1.29, 1.82) is 0 Å². The standard InChI is InChI=1S/C35H37FN6O6S/c1-21-16-23(19-38-35(2,3)4)8-13-31(21)49(47,48)40-24-9-12-26(28(36)18-24)32(43)39-29(34(45)46)17-22-6-10-25(11-7-22)42-33(44)27-14-15-37-20-30(27)41(42)5/h6-16,18,20,29,38,40H,17,19H2,1-5H3,(H,39,43)(H,45,46)/t29-/m0/s1. The minimum atomic E-state index is -4.09. The Labute approximate surface area is 282 Å². The maximum absolute atomic E-state index is 15.1. The van der Waals surface area contributed by atoms with E-state index in [-0.39, 0.29) is 28.1 Å². The van der Waals surface area contributed by atoms with Crippen molar-refractivity contribution in [2.24, 2.45) is 7.05 Å². The van der Waals surface area contributed by atoms with Gasteiger partial charge >= 0.3 is 5.97 Å². The van der Waals surface area contributed by atoms with Crippen LogP contribution in [0.15, 0.2) is 88.8 Å². The molecule has 14 heteroatoms. The molecule has 0 radical (unpaired) electrons. The van der Waals surface area contributed by atoms with Gasteiger partial charge in [0.05, 0.1) is 38.9 Å². The lowest BCUT2D eigenvalue weighted by atomic mass is 10.0. The number of carboxylic acids is 1. The molecule has 256 valence electrons. The van der Waals surface area contributed by atoms with Gasteiger partial charge in [-0.05, 0) is 86.8 Å². The predicted molar refractivity (Wildman–Crippen MR) is 184 cm³/mol. The van der Waals surface area contributed by atoms with Gasteiger partial charge in [-0.25, -0.2) is 22.3 Å². The molecule has 1 amide bonds.